The van der Waals surface area contributed by atoms with E-state index in [1.165, 1.54) is 0 Å². The second kappa shape index (κ2) is 6.45. The molecule has 0 aliphatic rings. The van der Waals surface area contributed by atoms with Crippen molar-refractivity contribution in [3.8, 4) is 5.69 Å². The molecule has 3 aromatic rings. The molecule has 0 saturated carbocycles. The van der Waals surface area contributed by atoms with Gasteiger partial charge < -0.3 is 5.32 Å². The Kier molecular flexibility index (Phi) is 4.41. The number of hydrogen-bond donors (Lipinski definition) is 1. The maximum absolute atomic E-state index is 4.57. The third-order valence-corrected chi connectivity index (χ3v) is 4.21. The van der Waals surface area contributed by atoms with Crippen LogP contribution in [0.2, 0.25) is 0 Å². The van der Waals surface area contributed by atoms with Crippen LogP contribution >= 0.6 is 31.9 Å². The van der Waals surface area contributed by atoms with E-state index >= 15 is 0 Å². The molecule has 0 radical (unpaired) electrons. The molecule has 1 heterocycles. The zero-order valence-electron chi connectivity index (χ0n) is 11.1. The SMILES string of the molecule is Brc1ccc(NCc2ccn(-c3ccccc3)n2)c(Br)c1. The molecule has 106 valence electrons. The molecule has 3 nitrogen and oxygen atoms in total. The zero-order valence-corrected chi connectivity index (χ0v) is 14.3. The van der Waals surface area contributed by atoms with Gasteiger partial charge in [-0.1, -0.05) is 34.1 Å². The maximum Gasteiger partial charge on any atom is 0.0819 e. The van der Waals surface area contributed by atoms with Crippen LogP contribution < -0.4 is 5.32 Å². The Morgan fingerprint density at radius 3 is 2.57 bits per heavy atom. The number of rotatable bonds is 4. The van der Waals surface area contributed by atoms with Gasteiger partial charge in [0, 0.05) is 20.8 Å². The summed E-state index contributed by atoms with van der Waals surface area (Å²) in [7, 11) is 0. The Morgan fingerprint density at radius 1 is 1.00 bits per heavy atom. The maximum atomic E-state index is 4.57. The lowest BCUT2D eigenvalue weighted by Gasteiger charge is -2.07. The van der Waals surface area contributed by atoms with Crippen molar-refractivity contribution < 1.29 is 0 Å². The predicted molar refractivity (Wildman–Crippen MR) is 92.7 cm³/mol. The minimum atomic E-state index is 0.681. The molecule has 0 unspecified atom stereocenters. The van der Waals surface area contributed by atoms with Crippen LogP contribution in [0.3, 0.4) is 0 Å². The van der Waals surface area contributed by atoms with E-state index in [1.807, 2.05) is 65.5 Å². The lowest BCUT2D eigenvalue weighted by Crippen LogP contribution is -2.02. The fourth-order valence-corrected chi connectivity index (χ4v) is 3.19. The van der Waals surface area contributed by atoms with Gasteiger partial charge in [-0.15, -0.1) is 0 Å². The van der Waals surface area contributed by atoms with Gasteiger partial charge in [-0.25, -0.2) is 4.68 Å². The van der Waals surface area contributed by atoms with E-state index in [2.05, 4.69) is 42.3 Å². The second-order valence-electron chi connectivity index (χ2n) is 4.56. The lowest BCUT2D eigenvalue weighted by molar-refractivity contribution is 0.844. The molecule has 1 N–H and O–H groups in total. The third kappa shape index (κ3) is 3.54. The van der Waals surface area contributed by atoms with Gasteiger partial charge in [-0.2, -0.15) is 5.10 Å². The van der Waals surface area contributed by atoms with Crippen LogP contribution in [-0.4, -0.2) is 9.78 Å². The van der Waals surface area contributed by atoms with E-state index in [9.17, 15) is 0 Å². The van der Waals surface area contributed by atoms with Crippen molar-refractivity contribution in [2.75, 3.05) is 5.32 Å². The summed E-state index contributed by atoms with van der Waals surface area (Å²) in [5.41, 5.74) is 3.11. The van der Waals surface area contributed by atoms with Gasteiger partial charge in [0.2, 0.25) is 0 Å². The highest BCUT2D eigenvalue weighted by Crippen LogP contribution is 2.26. The van der Waals surface area contributed by atoms with Crippen LogP contribution in [0.15, 0.2) is 69.7 Å². The summed E-state index contributed by atoms with van der Waals surface area (Å²) in [5, 5.41) is 7.95. The van der Waals surface area contributed by atoms with E-state index in [4.69, 9.17) is 0 Å². The van der Waals surface area contributed by atoms with Crippen LogP contribution in [0.1, 0.15) is 5.69 Å². The number of hydrogen-bond acceptors (Lipinski definition) is 2. The molecule has 5 heteroatoms. The van der Waals surface area contributed by atoms with E-state index in [0.717, 1.165) is 26.0 Å². The molecule has 0 amide bonds. The summed E-state index contributed by atoms with van der Waals surface area (Å²) in [6.45, 7) is 0.681. The second-order valence-corrected chi connectivity index (χ2v) is 6.33. The Balaban J connectivity index is 1.70. The van der Waals surface area contributed by atoms with E-state index in [-0.39, 0.29) is 0 Å². The topological polar surface area (TPSA) is 29.9 Å². The monoisotopic (exact) mass is 405 g/mol. The first-order chi connectivity index (χ1) is 10.2. The summed E-state index contributed by atoms with van der Waals surface area (Å²) < 4.78 is 3.96. The molecule has 1 aromatic heterocycles. The van der Waals surface area contributed by atoms with Crippen LogP contribution in [-0.2, 0) is 6.54 Å². The van der Waals surface area contributed by atoms with Crippen LogP contribution in [0, 0.1) is 0 Å². The van der Waals surface area contributed by atoms with Crippen molar-refractivity contribution in [2.45, 2.75) is 6.54 Å². The first kappa shape index (κ1) is 14.4. The van der Waals surface area contributed by atoms with Crippen molar-refractivity contribution in [1.29, 1.82) is 0 Å². The van der Waals surface area contributed by atoms with Crippen molar-refractivity contribution in [3.63, 3.8) is 0 Å². The number of nitrogens with zero attached hydrogens (tertiary/aromatic N) is 2. The average Bonchev–Trinajstić information content (AvgIpc) is 2.96. The molecule has 3 rings (SSSR count). The van der Waals surface area contributed by atoms with E-state index < -0.39 is 0 Å². The molecule has 0 saturated heterocycles. The minimum Gasteiger partial charge on any atom is -0.378 e. The van der Waals surface area contributed by atoms with Crippen LogP contribution in [0.5, 0.6) is 0 Å². The summed E-state index contributed by atoms with van der Waals surface area (Å²) in [4.78, 5) is 0. The highest BCUT2D eigenvalue weighted by molar-refractivity contribution is 9.11. The quantitative estimate of drug-likeness (QED) is 0.659. The van der Waals surface area contributed by atoms with Crippen molar-refractivity contribution >= 4 is 37.5 Å². The highest BCUT2D eigenvalue weighted by atomic mass is 79.9. The van der Waals surface area contributed by atoms with Gasteiger partial charge in [0.05, 0.1) is 17.9 Å². The van der Waals surface area contributed by atoms with Gasteiger partial charge >= 0.3 is 0 Å². The molecule has 0 bridgehead atoms. The molecule has 0 aliphatic heterocycles. The molecule has 0 atom stereocenters. The van der Waals surface area contributed by atoms with Crippen molar-refractivity contribution in [3.05, 3.63) is 75.4 Å². The molecule has 0 fully saturated rings. The molecular formula is C16H13Br2N3. The lowest BCUT2D eigenvalue weighted by atomic mass is 10.3. The molecule has 0 aliphatic carbocycles. The summed E-state index contributed by atoms with van der Waals surface area (Å²) in [6, 6.07) is 18.2. The molecule has 2 aromatic carbocycles. The first-order valence-electron chi connectivity index (χ1n) is 6.51. The molecule has 21 heavy (non-hydrogen) atoms. The number of para-hydroxylation sites is 1. The fourth-order valence-electron chi connectivity index (χ4n) is 2.00. The number of nitrogens with one attached hydrogen (secondary N) is 1. The minimum absolute atomic E-state index is 0.681. The van der Waals surface area contributed by atoms with Gasteiger partial charge in [0.1, 0.15) is 0 Å². The number of benzene rings is 2. The predicted octanol–water partition coefficient (Wildman–Crippen LogP) is 5.01. The van der Waals surface area contributed by atoms with Gasteiger partial charge in [0.15, 0.2) is 0 Å². The Bertz CT molecular complexity index is 738. The fraction of sp³-hybridized carbons (Fsp3) is 0.0625. The summed E-state index contributed by atoms with van der Waals surface area (Å²) in [6.07, 6.45) is 1.98. The summed E-state index contributed by atoms with van der Waals surface area (Å²) in [5.74, 6) is 0. The standard InChI is InChI=1S/C16H13Br2N3/c17-12-6-7-16(15(18)10-12)19-11-13-8-9-21(20-13)14-4-2-1-3-5-14/h1-10,19H,11H2. The van der Waals surface area contributed by atoms with E-state index in [0.29, 0.717) is 6.54 Å². The third-order valence-electron chi connectivity index (χ3n) is 3.06. The van der Waals surface area contributed by atoms with Crippen LogP contribution in [0.4, 0.5) is 5.69 Å². The number of aromatic nitrogens is 2. The van der Waals surface area contributed by atoms with Gasteiger partial charge in [0.25, 0.3) is 0 Å². The molecular weight excluding hydrogens is 394 g/mol. The van der Waals surface area contributed by atoms with Crippen molar-refractivity contribution in [2.24, 2.45) is 0 Å². The average molecular weight is 407 g/mol. The Morgan fingerprint density at radius 2 is 1.81 bits per heavy atom. The first-order valence-corrected chi connectivity index (χ1v) is 8.10. The van der Waals surface area contributed by atoms with Gasteiger partial charge in [-0.3, -0.25) is 0 Å². The summed E-state index contributed by atoms with van der Waals surface area (Å²) >= 11 is 6.99. The Labute approximate surface area is 140 Å². The number of halogens is 2. The normalized spacial score (nSPS) is 10.6. The highest BCUT2D eigenvalue weighted by Gasteiger charge is 2.03. The smallest absolute Gasteiger partial charge is 0.0819 e. The van der Waals surface area contributed by atoms with Crippen molar-refractivity contribution in [1.82, 2.24) is 9.78 Å². The van der Waals surface area contributed by atoms with Gasteiger partial charge in [-0.05, 0) is 52.3 Å². The Hall–Kier alpha value is -1.59. The van der Waals surface area contributed by atoms with E-state index in [1.54, 1.807) is 0 Å². The zero-order chi connectivity index (χ0) is 14.7. The molecule has 0 spiro atoms. The van der Waals surface area contributed by atoms with Crippen LogP contribution in [0.25, 0.3) is 5.69 Å². The number of anilines is 1. The largest absolute Gasteiger partial charge is 0.378 e.